The van der Waals surface area contributed by atoms with E-state index in [9.17, 15) is 18.8 Å². The Morgan fingerprint density at radius 2 is 1.84 bits per heavy atom. The molecule has 9 nitrogen and oxygen atoms in total. The minimum absolute atomic E-state index is 0.0404. The smallest absolute Gasteiger partial charge is 0.273 e. The molecule has 1 aliphatic carbocycles. The first kappa shape index (κ1) is 26.1. The number of anilines is 2. The highest BCUT2D eigenvalue weighted by Gasteiger charge is 2.37. The van der Waals surface area contributed by atoms with Gasteiger partial charge in [-0.15, -0.1) is 0 Å². The average Bonchev–Trinajstić information content (AvgIpc) is 3.29. The van der Waals surface area contributed by atoms with E-state index in [1.807, 2.05) is 0 Å². The van der Waals surface area contributed by atoms with Crippen molar-refractivity contribution in [3.8, 4) is 5.75 Å². The normalized spacial score (nSPS) is 14.5. The summed E-state index contributed by atoms with van der Waals surface area (Å²) >= 11 is 0.718. The molecular formula is C26H28FN5O4S. The summed E-state index contributed by atoms with van der Waals surface area (Å²) in [6, 6.07) is 10.8. The lowest BCUT2D eigenvalue weighted by Gasteiger charge is -2.33. The van der Waals surface area contributed by atoms with E-state index >= 15 is 0 Å². The number of nitrogens with one attached hydrogen (secondary N) is 1. The number of benzene rings is 2. The quantitative estimate of drug-likeness (QED) is 0.408. The van der Waals surface area contributed by atoms with E-state index in [0.717, 1.165) is 43.6 Å². The molecule has 2 aromatic carbocycles. The van der Waals surface area contributed by atoms with Crippen molar-refractivity contribution in [1.29, 1.82) is 0 Å². The molecule has 194 valence electrons. The number of hydrogen-bond acceptors (Lipinski definition) is 7. The number of aromatic nitrogens is 1. The standard InChI is InChI=1S/C26H28FN5O4S/c1-36-19-9-5-8-18(14-19)32(26(35)23-20(28)21(24(29)33)31-37-23)22(15-10-12-16(27)13-11-15)25(34)30-17-6-3-2-4-7-17/h5,8-14,17,22H,2-4,6-7,28H2,1H3,(H2,29,33)(H,30,34)/t22-/m0/s1. The van der Waals surface area contributed by atoms with Crippen molar-refractivity contribution in [3.63, 3.8) is 0 Å². The Balaban J connectivity index is 1.85. The summed E-state index contributed by atoms with van der Waals surface area (Å²) in [5.41, 5.74) is 11.8. The zero-order valence-electron chi connectivity index (χ0n) is 20.3. The molecule has 0 aliphatic heterocycles. The number of nitrogen functional groups attached to an aromatic ring is 1. The number of primary amides is 1. The third-order valence-corrected chi connectivity index (χ3v) is 7.20. The van der Waals surface area contributed by atoms with Crippen LogP contribution >= 0.6 is 11.5 Å². The first-order valence-electron chi connectivity index (χ1n) is 11.9. The van der Waals surface area contributed by atoms with Gasteiger partial charge < -0.3 is 21.5 Å². The van der Waals surface area contributed by atoms with E-state index in [1.54, 1.807) is 24.3 Å². The fourth-order valence-electron chi connectivity index (χ4n) is 4.47. The van der Waals surface area contributed by atoms with Gasteiger partial charge in [0.15, 0.2) is 5.69 Å². The second kappa shape index (κ2) is 11.4. The fourth-order valence-corrected chi connectivity index (χ4v) is 5.21. The van der Waals surface area contributed by atoms with E-state index in [2.05, 4.69) is 9.69 Å². The van der Waals surface area contributed by atoms with Crippen LogP contribution in [-0.4, -0.2) is 35.2 Å². The topological polar surface area (TPSA) is 141 Å². The molecule has 0 saturated heterocycles. The second-order valence-corrected chi connectivity index (χ2v) is 9.59. The van der Waals surface area contributed by atoms with E-state index < -0.39 is 29.6 Å². The van der Waals surface area contributed by atoms with Gasteiger partial charge in [-0.3, -0.25) is 19.3 Å². The van der Waals surface area contributed by atoms with Crippen LogP contribution in [0.15, 0.2) is 48.5 Å². The molecule has 4 rings (SSSR count). The molecule has 3 aromatic rings. The number of rotatable bonds is 8. The molecule has 1 fully saturated rings. The molecule has 1 aromatic heterocycles. The number of nitrogens with two attached hydrogens (primary N) is 2. The van der Waals surface area contributed by atoms with Crippen LogP contribution in [-0.2, 0) is 4.79 Å². The number of amides is 3. The van der Waals surface area contributed by atoms with E-state index in [0.29, 0.717) is 17.0 Å². The van der Waals surface area contributed by atoms with Crippen molar-refractivity contribution in [3.05, 3.63) is 70.5 Å². The minimum Gasteiger partial charge on any atom is -0.497 e. The molecule has 0 unspecified atom stereocenters. The Labute approximate surface area is 217 Å². The number of carbonyl (C=O) groups is 3. The van der Waals surface area contributed by atoms with Gasteiger partial charge in [0.25, 0.3) is 11.8 Å². The minimum atomic E-state index is -1.18. The maximum atomic E-state index is 14.0. The van der Waals surface area contributed by atoms with Crippen molar-refractivity contribution in [1.82, 2.24) is 9.69 Å². The molecule has 37 heavy (non-hydrogen) atoms. The third kappa shape index (κ3) is 5.72. The summed E-state index contributed by atoms with van der Waals surface area (Å²) < 4.78 is 23.1. The summed E-state index contributed by atoms with van der Waals surface area (Å²) in [7, 11) is 1.48. The first-order valence-corrected chi connectivity index (χ1v) is 12.7. The number of methoxy groups -OCH3 is 1. The van der Waals surface area contributed by atoms with Crippen molar-refractivity contribution < 1.29 is 23.5 Å². The molecule has 0 spiro atoms. The highest BCUT2D eigenvalue weighted by atomic mass is 32.1. The lowest BCUT2D eigenvalue weighted by Crippen LogP contribution is -2.47. The molecule has 5 N–H and O–H groups in total. The monoisotopic (exact) mass is 525 g/mol. The van der Waals surface area contributed by atoms with Crippen LogP contribution in [0.1, 0.15) is 63.9 Å². The predicted molar refractivity (Wildman–Crippen MR) is 139 cm³/mol. The maximum absolute atomic E-state index is 14.0. The van der Waals surface area contributed by atoms with Gasteiger partial charge in [0.2, 0.25) is 5.91 Å². The molecule has 11 heteroatoms. The summed E-state index contributed by atoms with van der Waals surface area (Å²) in [6.07, 6.45) is 4.77. The van der Waals surface area contributed by atoms with Crippen LogP contribution in [0, 0.1) is 5.82 Å². The van der Waals surface area contributed by atoms with Gasteiger partial charge in [0.1, 0.15) is 22.5 Å². The third-order valence-electron chi connectivity index (χ3n) is 6.35. The van der Waals surface area contributed by atoms with Gasteiger partial charge in [-0.1, -0.05) is 37.5 Å². The molecule has 0 bridgehead atoms. The summed E-state index contributed by atoms with van der Waals surface area (Å²) in [5, 5.41) is 3.08. The van der Waals surface area contributed by atoms with Gasteiger partial charge in [-0.25, -0.2) is 4.39 Å². The summed E-state index contributed by atoms with van der Waals surface area (Å²) in [6.45, 7) is 0. The molecule has 3 amide bonds. The summed E-state index contributed by atoms with van der Waals surface area (Å²) in [5.74, 6) is -1.98. The summed E-state index contributed by atoms with van der Waals surface area (Å²) in [4.78, 5) is 40.9. The van der Waals surface area contributed by atoms with Crippen LogP contribution in [0.3, 0.4) is 0 Å². The highest BCUT2D eigenvalue weighted by molar-refractivity contribution is 7.09. The molecular weight excluding hydrogens is 497 g/mol. The Morgan fingerprint density at radius 3 is 2.46 bits per heavy atom. The maximum Gasteiger partial charge on any atom is 0.273 e. The van der Waals surface area contributed by atoms with Crippen LogP contribution < -0.4 is 26.4 Å². The van der Waals surface area contributed by atoms with Gasteiger partial charge in [0, 0.05) is 17.8 Å². The highest BCUT2D eigenvalue weighted by Crippen LogP contribution is 2.35. The van der Waals surface area contributed by atoms with E-state index in [1.165, 1.54) is 36.3 Å². The number of nitrogens with zero attached hydrogens (tertiary/aromatic N) is 2. The van der Waals surface area contributed by atoms with Gasteiger partial charge in [-0.2, -0.15) is 4.37 Å². The van der Waals surface area contributed by atoms with Crippen molar-refractivity contribution in [2.45, 2.75) is 44.2 Å². The lowest BCUT2D eigenvalue weighted by molar-refractivity contribution is -0.123. The molecule has 0 radical (unpaired) electrons. The number of carbonyl (C=O) groups excluding carboxylic acids is 3. The fraction of sp³-hybridized carbons (Fsp3) is 0.308. The number of halogens is 1. The largest absolute Gasteiger partial charge is 0.497 e. The van der Waals surface area contributed by atoms with Crippen molar-refractivity contribution in [2.24, 2.45) is 5.73 Å². The molecule has 1 atom stereocenters. The Kier molecular flexibility index (Phi) is 8.02. The van der Waals surface area contributed by atoms with Crippen molar-refractivity contribution in [2.75, 3.05) is 17.7 Å². The Bertz CT molecular complexity index is 1290. The number of hydrogen-bond donors (Lipinski definition) is 3. The van der Waals surface area contributed by atoms with Crippen LogP contribution in [0.25, 0.3) is 0 Å². The van der Waals surface area contributed by atoms with Crippen LogP contribution in [0.2, 0.25) is 0 Å². The second-order valence-electron chi connectivity index (χ2n) is 8.81. The van der Waals surface area contributed by atoms with Crippen LogP contribution in [0.4, 0.5) is 15.8 Å². The van der Waals surface area contributed by atoms with Gasteiger partial charge in [0.05, 0.1) is 12.8 Å². The Hall–Kier alpha value is -3.99. The molecule has 1 saturated carbocycles. The zero-order valence-corrected chi connectivity index (χ0v) is 21.1. The van der Waals surface area contributed by atoms with Gasteiger partial charge in [-0.05, 0) is 54.2 Å². The molecule has 1 heterocycles. The SMILES string of the molecule is COc1cccc(N(C(=O)c2snc(C(N)=O)c2N)[C@H](C(=O)NC2CCCCC2)c2ccc(F)cc2)c1. The predicted octanol–water partition coefficient (Wildman–Crippen LogP) is 3.81. The van der Waals surface area contributed by atoms with E-state index in [-0.39, 0.29) is 22.3 Å². The zero-order chi connectivity index (χ0) is 26.5. The van der Waals surface area contributed by atoms with Crippen LogP contribution in [0.5, 0.6) is 5.75 Å². The lowest BCUT2D eigenvalue weighted by atomic mass is 9.94. The average molecular weight is 526 g/mol. The van der Waals surface area contributed by atoms with Gasteiger partial charge >= 0.3 is 0 Å². The number of ether oxygens (including phenoxy) is 1. The first-order chi connectivity index (χ1) is 17.8. The van der Waals surface area contributed by atoms with Crippen molar-refractivity contribution >= 4 is 40.6 Å². The van der Waals surface area contributed by atoms with E-state index in [4.69, 9.17) is 16.2 Å². The Morgan fingerprint density at radius 1 is 1.14 bits per heavy atom. The molecule has 1 aliphatic rings.